The molecular weight excluding hydrogens is 334 g/mol. The molecular formula is C21H14ClNO2. The molecule has 0 radical (unpaired) electrons. The van der Waals surface area contributed by atoms with Gasteiger partial charge in [0.05, 0.1) is 10.7 Å². The van der Waals surface area contributed by atoms with E-state index in [0.717, 1.165) is 11.1 Å². The van der Waals surface area contributed by atoms with Gasteiger partial charge in [0, 0.05) is 11.1 Å². The van der Waals surface area contributed by atoms with Gasteiger partial charge in [0.15, 0.2) is 5.76 Å². The minimum Gasteiger partial charge on any atom is -0.407 e. The van der Waals surface area contributed by atoms with E-state index in [2.05, 4.69) is 0 Å². The van der Waals surface area contributed by atoms with Crippen molar-refractivity contribution < 1.29 is 4.42 Å². The number of hydrogen-bond acceptors (Lipinski definition) is 2. The molecule has 0 saturated heterocycles. The summed E-state index contributed by atoms with van der Waals surface area (Å²) in [6.07, 6.45) is 0. The zero-order chi connectivity index (χ0) is 17.2. The van der Waals surface area contributed by atoms with Crippen molar-refractivity contribution in [3.8, 4) is 28.3 Å². The van der Waals surface area contributed by atoms with Crippen molar-refractivity contribution in [2.75, 3.05) is 0 Å². The summed E-state index contributed by atoms with van der Waals surface area (Å²) in [7, 11) is 0. The van der Waals surface area contributed by atoms with Gasteiger partial charge in [-0.2, -0.15) is 0 Å². The van der Waals surface area contributed by atoms with E-state index in [1.165, 1.54) is 4.57 Å². The van der Waals surface area contributed by atoms with Gasteiger partial charge in [-0.05, 0) is 12.1 Å². The molecule has 3 nitrogen and oxygen atoms in total. The summed E-state index contributed by atoms with van der Waals surface area (Å²) in [6.45, 7) is 0. The van der Waals surface area contributed by atoms with E-state index in [0.29, 0.717) is 22.2 Å². The lowest BCUT2D eigenvalue weighted by Crippen LogP contribution is -2.13. The van der Waals surface area contributed by atoms with Crippen LogP contribution in [0.4, 0.5) is 0 Å². The number of rotatable bonds is 3. The number of nitrogens with zero attached hydrogens (tertiary/aromatic N) is 1. The van der Waals surface area contributed by atoms with Crippen LogP contribution in [-0.4, -0.2) is 4.57 Å². The largest absolute Gasteiger partial charge is 0.424 e. The molecule has 25 heavy (non-hydrogen) atoms. The highest BCUT2D eigenvalue weighted by atomic mass is 35.5. The summed E-state index contributed by atoms with van der Waals surface area (Å²) in [4.78, 5) is 12.7. The Hall–Kier alpha value is -3.04. The molecule has 4 rings (SSSR count). The van der Waals surface area contributed by atoms with Gasteiger partial charge >= 0.3 is 5.76 Å². The number of para-hydroxylation sites is 1. The average molecular weight is 348 g/mol. The zero-order valence-electron chi connectivity index (χ0n) is 13.2. The van der Waals surface area contributed by atoms with Crippen molar-refractivity contribution in [3.05, 3.63) is 101 Å². The van der Waals surface area contributed by atoms with Gasteiger partial charge in [-0.15, -0.1) is 0 Å². The molecule has 0 aliphatic heterocycles. The maximum Gasteiger partial charge on any atom is 0.424 e. The standard InChI is InChI=1S/C21H14ClNO2/c22-17-13-7-8-14-18(17)23-19(15-9-3-1-4-10-15)20(25-21(23)24)16-11-5-2-6-12-16/h1-14H. The molecule has 0 saturated carbocycles. The monoisotopic (exact) mass is 347 g/mol. The lowest BCUT2D eigenvalue weighted by molar-refractivity contribution is 0.516. The fraction of sp³-hybridized carbons (Fsp3) is 0. The van der Waals surface area contributed by atoms with Crippen molar-refractivity contribution >= 4 is 11.6 Å². The van der Waals surface area contributed by atoms with E-state index in [9.17, 15) is 4.79 Å². The van der Waals surface area contributed by atoms with Crippen molar-refractivity contribution in [1.82, 2.24) is 4.57 Å². The molecule has 0 fully saturated rings. The molecule has 3 aromatic carbocycles. The molecule has 4 aromatic rings. The average Bonchev–Trinajstić information content (AvgIpc) is 3.01. The molecule has 0 aliphatic rings. The third-order valence-electron chi connectivity index (χ3n) is 3.99. The molecule has 1 heterocycles. The molecule has 0 spiro atoms. The Morgan fingerprint density at radius 1 is 0.720 bits per heavy atom. The number of halogens is 1. The first-order chi connectivity index (χ1) is 12.3. The second-order valence-electron chi connectivity index (χ2n) is 5.56. The highest BCUT2D eigenvalue weighted by molar-refractivity contribution is 6.32. The Bertz CT molecular complexity index is 1070. The first-order valence-corrected chi connectivity index (χ1v) is 8.25. The van der Waals surface area contributed by atoms with Crippen LogP contribution in [0.25, 0.3) is 28.3 Å². The molecule has 0 unspecified atom stereocenters. The maximum absolute atomic E-state index is 12.7. The Balaban J connectivity index is 2.08. The van der Waals surface area contributed by atoms with Gasteiger partial charge in [-0.3, -0.25) is 0 Å². The second kappa shape index (κ2) is 6.46. The highest BCUT2D eigenvalue weighted by Crippen LogP contribution is 2.34. The molecule has 0 N–H and O–H groups in total. The summed E-state index contributed by atoms with van der Waals surface area (Å²) in [5.74, 6) is 0.0579. The lowest BCUT2D eigenvalue weighted by atomic mass is 10.1. The third-order valence-corrected chi connectivity index (χ3v) is 4.31. The molecule has 0 amide bonds. The van der Waals surface area contributed by atoms with E-state index in [1.807, 2.05) is 72.8 Å². The summed E-state index contributed by atoms with van der Waals surface area (Å²) in [6, 6.07) is 26.5. The van der Waals surface area contributed by atoms with Crippen LogP contribution in [-0.2, 0) is 0 Å². The second-order valence-corrected chi connectivity index (χ2v) is 5.97. The SMILES string of the molecule is O=c1oc(-c2ccccc2)c(-c2ccccc2)n1-c1ccccc1Cl. The van der Waals surface area contributed by atoms with Crippen LogP contribution in [0.5, 0.6) is 0 Å². The number of benzene rings is 3. The van der Waals surface area contributed by atoms with E-state index in [1.54, 1.807) is 12.1 Å². The first kappa shape index (κ1) is 15.5. The van der Waals surface area contributed by atoms with E-state index in [-0.39, 0.29) is 0 Å². The van der Waals surface area contributed by atoms with Gasteiger partial charge in [0.2, 0.25) is 0 Å². The third kappa shape index (κ3) is 2.79. The van der Waals surface area contributed by atoms with Crippen molar-refractivity contribution in [2.45, 2.75) is 0 Å². The van der Waals surface area contributed by atoms with Gasteiger partial charge in [0.1, 0.15) is 5.69 Å². The van der Waals surface area contributed by atoms with E-state index < -0.39 is 5.76 Å². The van der Waals surface area contributed by atoms with Gasteiger partial charge in [-0.25, -0.2) is 9.36 Å². The van der Waals surface area contributed by atoms with Crippen molar-refractivity contribution in [3.63, 3.8) is 0 Å². The first-order valence-electron chi connectivity index (χ1n) is 7.87. The van der Waals surface area contributed by atoms with Gasteiger partial charge in [-0.1, -0.05) is 84.4 Å². The smallest absolute Gasteiger partial charge is 0.407 e. The van der Waals surface area contributed by atoms with E-state index >= 15 is 0 Å². The Morgan fingerprint density at radius 2 is 1.28 bits per heavy atom. The van der Waals surface area contributed by atoms with E-state index in [4.69, 9.17) is 16.0 Å². The Morgan fingerprint density at radius 3 is 1.92 bits per heavy atom. The highest BCUT2D eigenvalue weighted by Gasteiger charge is 2.22. The lowest BCUT2D eigenvalue weighted by Gasteiger charge is -2.10. The van der Waals surface area contributed by atoms with Crippen LogP contribution in [0.2, 0.25) is 5.02 Å². The quantitative estimate of drug-likeness (QED) is 0.496. The van der Waals surface area contributed by atoms with Crippen LogP contribution >= 0.6 is 11.6 Å². The summed E-state index contributed by atoms with van der Waals surface area (Å²) >= 11 is 6.34. The predicted octanol–water partition coefficient (Wildman–Crippen LogP) is 5.42. The Labute approximate surface area is 149 Å². The number of aromatic nitrogens is 1. The van der Waals surface area contributed by atoms with Crippen LogP contribution in [0.15, 0.2) is 94.1 Å². The van der Waals surface area contributed by atoms with Crippen LogP contribution in [0.1, 0.15) is 0 Å². The minimum absolute atomic E-state index is 0.467. The molecule has 0 atom stereocenters. The molecule has 1 aromatic heterocycles. The Kier molecular flexibility index (Phi) is 4.00. The summed E-state index contributed by atoms with van der Waals surface area (Å²) in [5.41, 5.74) is 3.00. The van der Waals surface area contributed by atoms with Gasteiger partial charge < -0.3 is 4.42 Å². The van der Waals surface area contributed by atoms with Crippen LogP contribution in [0, 0.1) is 0 Å². The van der Waals surface area contributed by atoms with Crippen LogP contribution in [0.3, 0.4) is 0 Å². The maximum atomic E-state index is 12.7. The normalized spacial score (nSPS) is 10.8. The molecule has 0 aliphatic carbocycles. The molecule has 4 heteroatoms. The van der Waals surface area contributed by atoms with Gasteiger partial charge in [0.25, 0.3) is 0 Å². The topological polar surface area (TPSA) is 35.1 Å². The summed E-state index contributed by atoms with van der Waals surface area (Å²) in [5, 5.41) is 0.488. The van der Waals surface area contributed by atoms with Crippen molar-refractivity contribution in [1.29, 1.82) is 0 Å². The molecule has 122 valence electrons. The predicted molar refractivity (Wildman–Crippen MR) is 100 cm³/mol. The summed E-state index contributed by atoms with van der Waals surface area (Å²) < 4.78 is 7.17. The molecule has 0 bridgehead atoms. The fourth-order valence-corrected chi connectivity index (χ4v) is 3.09. The van der Waals surface area contributed by atoms with Crippen LogP contribution < -0.4 is 5.76 Å². The number of oxazole rings is 1. The number of hydrogen-bond donors (Lipinski definition) is 0. The minimum atomic E-state index is -0.467. The van der Waals surface area contributed by atoms with Crippen molar-refractivity contribution in [2.24, 2.45) is 0 Å². The fourth-order valence-electron chi connectivity index (χ4n) is 2.87. The zero-order valence-corrected chi connectivity index (χ0v) is 14.0.